The van der Waals surface area contributed by atoms with E-state index in [4.69, 9.17) is 0 Å². The van der Waals surface area contributed by atoms with Gasteiger partial charge in [0.15, 0.2) is 0 Å². The molecule has 1 aromatic rings. The molecule has 1 saturated heterocycles. The van der Waals surface area contributed by atoms with Crippen molar-refractivity contribution in [3.05, 3.63) is 28.5 Å². The second-order valence-corrected chi connectivity index (χ2v) is 6.04. The number of nitrogens with zero attached hydrogens (tertiary/aromatic N) is 2. The van der Waals surface area contributed by atoms with Crippen LogP contribution in [0.15, 0.2) is 22.9 Å². The Balaban J connectivity index is 2.20. The third-order valence-electron chi connectivity index (χ3n) is 3.82. The average Bonchev–Trinajstić information content (AvgIpc) is 2.74. The predicted octanol–water partition coefficient (Wildman–Crippen LogP) is 3.06. The van der Waals surface area contributed by atoms with Gasteiger partial charge in [-0.25, -0.2) is 0 Å². The van der Waals surface area contributed by atoms with Crippen molar-refractivity contribution in [2.45, 2.75) is 44.7 Å². The number of rotatable bonds is 5. The summed E-state index contributed by atoms with van der Waals surface area (Å²) in [7, 11) is 0. The Morgan fingerprint density at radius 2 is 2.37 bits per heavy atom. The van der Waals surface area contributed by atoms with Crippen LogP contribution in [0.5, 0.6) is 0 Å². The maximum atomic E-state index is 11.7. The number of halogens is 1. The monoisotopic (exact) mass is 326 g/mol. The van der Waals surface area contributed by atoms with Crippen molar-refractivity contribution in [2.75, 3.05) is 6.54 Å². The fourth-order valence-corrected chi connectivity index (χ4v) is 3.39. The summed E-state index contributed by atoms with van der Waals surface area (Å²) in [4.78, 5) is 18.0. The molecule has 2 rings (SSSR count). The number of hydrogen-bond donors (Lipinski definition) is 1. The summed E-state index contributed by atoms with van der Waals surface area (Å²) in [5, 5.41) is 9.63. The topological polar surface area (TPSA) is 53.4 Å². The van der Waals surface area contributed by atoms with Crippen LogP contribution in [0.3, 0.4) is 0 Å². The molecule has 4 nitrogen and oxygen atoms in total. The van der Waals surface area contributed by atoms with Crippen LogP contribution in [-0.4, -0.2) is 33.0 Å². The minimum Gasteiger partial charge on any atom is -0.480 e. The highest BCUT2D eigenvalue weighted by Crippen LogP contribution is 2.35. The third kappa shape index (κ3) is 2.98. The van der Waals surface area contributed by atoms with Gasteiger partial charge in [0, 0.05) is 23.4 Å². The molecule has 5 heteroatoms. The van der Waals surface area contributed by atoms with E-state index in [9.17, 15) is 9.90 Å². The number of carboxylic acid groups (broad SMARTS) is 1. The zero-order valence-corrected chi connectivity index (χ0v) is 12.7. The first-order chi connectivity index (χ1) is 9.08. The largest absolute Gasteiger partial charge is 0.480 e. The van der Waals surface area contributed by atoms with E-state index >= 15 is 0 Å². The number of aliphatic carboxylic acids is 1. The molecule has 0 aliphatic carbocycles. The van der Waals surface area contributed by atoms with E-state index in [1.54, 1.807) is 6.20 Å². The van der Waals surface area contributed by atoms with E-state index in [1.165, 1.54) is 0 Å². The molecule has 0 bridgehead atoms. The van der Waals surface area contributed by atoms with E-state index < -0.39 is 11.5 Å². The lowest BCUT2D eigenvalue weighted by Gasteiger charge is -2.34. The Labute approximate surface area is 122 Å². The summed E-state index contributed by atoms with van der Waals surface area (Å²) in [6, 6.07) is 2.00. The number of pyridine rings is 1. The van der Waals surface area contributed by atoms with Gasteiger partial charge in [-0.15, -0.1) is 0 Å². The molecule has 104 valence electrons. The number of carboxylic acids is 1. The van der Waals surface area contributed by atoms with Gasteiger partial charge in [0.2, 0.25) is 0 Å². The standard InChI is InChI=1S/C14H19BrN2O2/c1-2-4-14(13(18)19)5-3-6-17(14)10-11-7-12(15)9-16-8-11/h7-9H,2-6,10H2,1H3,(H,18,19). The predicted molar refractivity (Wildman–Crippen MR) is 76.9 cm³/mol. The minimum absolute atomic E-state index is 0.652. The molecule has 0 saturated carbocycles. The van der Waals surface area contributed by atoms with Crippen LogP contribution >= 0.6 is 15.9 Å². The van der Waals surface area contributed by atoms with Crippen LogP contribution < -0.4 is 0 Å². The Morgan fingerprint density at radius 3 is 3.00 bits per heavy atom. The molecule has 1 fully saturated rings. The van der Waals surface area contributed by atoms with Crippen molar-refractivity contribution in [1.82, 2.24) is 9.88 Å². The van der Waals surface area contributed by atoms with E-state index in [0.717, 1.165) is 35.8 Å². The Kier molecular flexibility index (Phi) is 4.58. The Hall–Kier alpha value is -0.940. The fraction of sp³-hybridized carbons (Fsp3) is 0.571. The lowest BCUT2D eigenvalue weighted by molar-refractivity contribution is -0.150. The molecule has 0 radical (unpaired) electrons. The van der Waals surface area contributed by atoms with Gasteiger partial charge in [-0.3, -0.25) is 14.7 Å². The van der Waals surface area contributed by atoms with Crippen LogP contribution in [0.2, 0.25) is 0 Å². The van der Waals surface area contributed by atoms with Crippen molar-refractivity contribution in [3.63, 3.8) is 0 Å². The van der Waals surface area contributed by atoms with Crippen molar-refractivity contribution in [3.8, 4) is 0 Å². The molecule has 0 amide bonds. The van der Waals surface area contributed by atoms with Crippen molar-refractivity contribution < 1.29 is 9.90 Å². The molecule has 1 unspecified atom stereocenters. The van der Waals surface area contributed by atoms with E-state index in [1.807, 2.05) is 19.2 Å². The van der Waals surface area contributed by atoms with Gasteiger partial charge in [0.25, 0.3) is 0 Å². The van der Waals surface area contributed by atoms with Gasteiger partial charge in [0.05, 0.1) is 0 Å². The van der Waals surface area contributed by atoms with Gasteiger partial charge >= 0.3 is 5.97 Å². The van der Waals surface area contributed by atoms with Gasteiger partial charge in [-0.2, -0.15) is 0 Å². The highest BCUT2D eigenvalue weighted by molar-refractivity contribution is 9.10. The minimum atomic E-state index is -0.685. The molecule has 0 spiro atoms. The maximum Gasteiger partial charge on any atom is 0.324 e. The van der Waals surface area contributed by atoms with Crippen LogP contribution in [0.25, 0.3) is 0 Å². The SMILES string of the molecule is CCCC1(C(=O)O)CCCN1Cc1cncc(Br)c1. The molecular formula is C14H19BrN2O2. The van der Waals surface area contributed by atoms with Crippen LogP contribution in [0, 0.1) is 0 Å². The highest BCUT2D eigenvalue weighted by atomic mass is 79.9. The molecule has 1 aliphatic heterocycles. The van der Waals surface area contributed by atoms with Gasteiger partial charge in [-0.05, 0) is 53.4 Å². The molecule has 1 aliphatic rings. The lowest BCUT2D eigenvalue weighted by atomic mass is 9.90. The first kappa shape index (κ1) is 14.5. The van der Waals surface area contributed by atoms with Gasteiger partial charge < -0.3 is 5.11 Å². The van der Waals surface area contributed by atoms with Crippen LogP contribution in [-0.2, 0) is 11.3 Å². The summed E-state index contributed by atoms with van der Waals surface area (Å²) < 4.78 is 0.931. The molecule has 0 aromatic carbocycles. The van der Waals surface area contributed by atoms with E-state index in [0.29, 0.717) is 13.0 Å². The Bertz CT molecular complexity index is 467. The molecule has 1 aromatic heterocycles. The number of hydrogen-bond acceptors (Lipinski definition) is 3. The summed E-state index contributed by atoms with van der Waals surface area (Å²) in [6.45, 7) is 3.54. The lowest BCUT2D eigenvalue weighted by Crippen LogP contribution is -2.49. The number of aromatic nitrogens is 1. The molecule has 2 heterocycles. The molecule has 1 atom stereocenters. The zero-order valence-electron chi connectivity index (χ0n) is 11.1. The van der Waals surface area contributed by atoms with Gasteiger partial charge in [0.1, 0.15) is 5.54 Å². The molecular weight excluding hydrogens is 308 g/mol. The first-order valence-electron chi connectivity index (χ1n) is 6.66. The summed E-state index contributed by atoms with van der Waals surface area (Å²) >= 11 is 3.40. The summed E-state index contributed by atoms with van der Waals surface area (Å²) in [5.74, 6) is -0.685. The Morgan fingerprint density at radius 1 is 1.58 bits per heavy atom. The normalized spacial score (nSPS) is 23.7. The molecule has 1 N–H and O–H groups in total. The summed E-state index contributed by atoms with van der Waals surface area (Å²) in [5.41, 5.74) is 0.370. The van der Waals surface area contributed by atoms with E-state index in [2.05, 4.69) is 25.8 Å². The maximum absolute atomic E-state index is 11.7. The second kappa shape index (κ2) is 6.01. The number of carbonyl (C=O) groups is 1. The third-order valence-corrected chi connectivity index (χ3v) is 4.25. The van der Waals surface area contributed by atoms with E-state index in [-0.39, 0.29) is 0 Å². The van der Waals surface area contributed by atoms with Crippen molar-refractivity contribution in [2.24, 2.45) is 0 Å². The fourth-order valence-electron chi connectivity index (χ4n) is 2.97. The van der Waals surface area contributed by atoms with Crippen LogP contribution in [0.1, 0.15) is 38.2 Å². The van der Waals surface area contributed by atoms with Gasteiger partial charge in [-0.1, -0.05) is 13.3 Å². The van der Waals surface area contributed by atoms with Crippen molar-refractivity contribution in [1.29, 1.82) is 0 Å². The quantitative estimate of drug-likeness (QED) is 0.903. The molecule has 19 heavy (non-hydrogen) atoms. The average molecular weight is 327 g/mol. The van der Waals surface area contributed by atoms with Crippen LogP contribution in [0.4, 0.5) is 0 Å². The highest BCUT2D eigenvalue weighted by Gasteiger charge is 2.46. The second-order valence-electron chi connectivity index (χ2n) is 5.12. The summed E-state index contributed by atoms with van der Waals surface area (Å²) in [6.07, 6.45) is 6.85. The number of likely N-dealkylation sites (tertiary alicyclic amines) is 1. The zero-order chi connectivity index (χ0) is 13.9. The first-order valence-corrected chi connectivity index (χ1v) is 7.45. The van der Waals surface area contributed by atoms with Crippen molar-refractivity contribution >= 4 is 21.9 Å². The smallest absolute Gasteiger partial charge is 0.324 e.